The third-order valence-electron chi connectivity index (χ3n) is 8.07. The summed E-state index contributed by atoms with van der Waals surface area (Å²) in [6.07, 6.45) is 0.797. The van der Waals surface area contributed by atoms with Gasteiger partial charge in [-0.15, -0.1) is 0 Å². The fraction of sp³-hybridized carbons (Fsp3) is 0.188. The Bertz CT molecular complexity index is 1680. The molecule has 194 valence electrons. The Balaban J connectivity index is 1.26. The van der Waals surface area contributed by atoms with Gasteiger partial charge in [0.1, 0.15) is 29.3 Å². The summed E-state index contributed by atoms with van der Waals surface area (Å²) in [7, 11) is 0. The van der Waals surface area contributed by atoms with E-state index < -0.39 is 5.41 Å². The van der Waals surface area contributed by atoms with Gasteiger partial charge in [0.2, 0.25) is 5.91 Å². The van der Waals surface area contributed by atoms with Gasteiger partial charge in [0.25, 0.3) is 5.91 Å². The second-order valence-electron chi connectivity index (χ2n) is 10.2. The van der Waals surface area contributed by atoms with Crippen molar-refractivity contribution in [3.05, 3.63) is 118 Å². The largest absolute Gasteiger partial charge is 0.493 e. The summed E-state index contributed by atoms with van der Waals surface area (Å²) in [6, 6.07) is 23.5. The number of carbonyl (C=O) groups is 2. The van der Waals surface area contributed by atoms with Crippen LogP contribution >= 0.6 is 0 Å². The predicted molar refractivity (Wildman–Crippen MR) is 145 cm³/mol. The van der Waals surface area contributed by atoms with Crippen LogP contribution in [0, 0.1) is 12.7 Å². The van der Waals surface area contributed by atoms with Crippen LogP contribution in [-0.4, -0.2) is 25.0 Å². The number of fused-ring (bicyclic) bond motifs is 5. The van der Waals surface area contributed by atoms with E-state index in [2.05, 4.69) is 11.4 Å². The van der Waals surface area contributed by atoms with Crippen molar-refractivity contribution in [2.75, 3.05) is 23.4 Å². The molecule has 3 heterocycles. The molecule has 3 aliphatic heterocycles. The van der Waals surface area contributed by atoms with Crippen molar-refractivity contribution in [3.8, 4) is 11.5 Å². The van der Waals surface area contributed by atoms with Crippen LogP contribution in [0.4, 0.5) is 15.8 Å². The Morgan fingerprint density at radius 2 is 1.79 bits per heavy atom. The monoisotopic (exact) mass is 520 g/mol. The van der Waals surface area contributed by atoms with Gasteiger partial charge in [-0.1, -0.05) is 42.5 Å². The molecular formula is C32H25FN2O4. The lowest BCUT2D eigenvalue weighted by Crippen LogP contribution is -2.42. The summed E-state index contributed by atoms with van der Waals surface area (Å²) in [4.78, 5) is 29.5. The molecule has 0 bridgehead atoms. The van der Waals surface area contributed by atoms with E-state index in [4.69, 9.17) is 9.47 Å². The van der Waals surface area contributed by atoms with Crippen molar-refractivity contribution in [2.24, 2.45) is 0 Å². The third kappa shape index (κ3) is 3.46. The van der Waals surface area contributed by atoms with E-state index in [1.807, 2.05) is 42.5 Å². The standard InChI is InChI=1S/C32H25FN2O4/c1-19-25(33)10-6-11-26(19)34-30(36)22-8-3-2-7-21(22)17-35-27-12-5-4-9-23(27)32(31(35)37)18-39-29-16-28-20(13-14-38-28)15-24(29)32/h2-12,15-16H,13-14,17-18H2,1H3,(H,34,36). The summed E-state index contributed by atoms with van der Waals surface area (Å²) < 4.78 is 25.9. The van der Waals surface area contributed by atoms with Crippen molar-refractivity contribution in [1.82, 2.24) is 0 Å². The highest BCUT2D eigenvalue weighted by Crippen LogP contribution is 2.54. The van der Waals surface area contributed by atoms with Crippen LogP contribution in [-0.2, 0) is 23.2 Å². The SMILES string of the molecule is Cc1c(F)cccc1NC(=O)c1ccccc1CN1C(=O)C2(COc3cc4c(cc32)CCO4)c2ccccc21. The number of hydrogen-bond acceptors (Lipinski definition) is 4. The lowest BCUT2D eigenvalue weighted by atomic mass is 9.76. The van der Waals surface area contributed by atoms with Crippen molar-refractivity contribution in [1.29, 1.82) is 0 Å². The van der Waals surface area contributed by atoms with Crippen LogP contribution in [0.15, 0.2) is 78.9 Å². The number of carbonyl (C=O) groups excluding carboxylic acids is 2. The molecule has 6 nitrogen and oxygen atoms in total. The summed E-state index contributed by atoms with van der Waals surface area (Å²) in [5.74, 6) is 0.652. The van der Waals surface area contributed by atoms with Gasteiger partial charge in [0.15, 0.2) is 0 Å². The van der Waals surface area contributed by atoms with Gasteiger partial charge in [0.05, 0.1) is 13.2 Å². The minimum atomic E-state index is -0.959. The van der Waals surface area contributed by atoms with E-state index in [0.717, 1.165) is 34.5 Å². The van der Waals surface area contributed by atoms with Crippen molar-refractivity contribution in [3.63, 3.8) is 0 Å². The first kappa shape index (κ1) is 23.5. The first-order chi connectivity index (χ1) is 19.0. The predicted octanol–water partition coefficient (Wildman–Crippen LogP) is 5.55. The molecular weight excluding hydrogens is 495 g/mol. The second kappa shape index (κ2) is 8.70. The molecule has 1 N–H and O–H groups in total. The summed E-state index contributed by atoms with van der Waals surface area (Å²) >= 11 is 0. The Labute approximate surface area is 225 Å². The lowest BCUT2D eigenvalue weighted by molar-refractivity contribution is -0.122. The maximum absolute atomic E-state index is 14.4. The van der Waals surface area contributed by atoms with Crippen LogP contribution in [0.1, 0.15) is 38.2 Å². The topological polar surface area (TPSA) is 67.9 Å². The number of anilines is 2. The number of halogens is 1. The molecule has 1 atom stereocenters. The van der Waals surface area contributed by atoms with E-state index in [1.165, 1.54) is 6.07 Å². The Kier molecular flexibility index (Phi) is 5.23. The van der Waals surface area contributed by atoms with Gasteiger partial charge in [-0.25, -0.2) is 4.39 Å². The smallest absolute Gasteiger partial charge is 0.256 e. The Hall–Kier alpha value is -4.65. The molecule has 7 heteroatoms. The highest BCUT2D eigenvalue weighted by Gasteiger charge is 2.57. The van der Waals surface area contributed by atoms with E-state index >= 15 is 0 Å². The average Bonchev–Trinajstić information content (AvgIpc) is 3.63. The highest BCUT2D eigenvalue weighted by atomic mass is 19.1. The molecule has 7 rings (SSSR count). The molecule has 0 fully saturated rings. The van der Waals surface area contributed by atoms with Crippen LogP contribution < -0.4 is 19.7 Å². The minimum absolute atomic E-state index is 0.0856. The van der Waals surface area contributed by atoms with Gasteiger partial charge in [-0.05, 0) is 53.9 Å². The molecule has 1 unspecified atom stereocenters. The zero-order valence-electron chi connectivity index (χ0n) is 21.3. The lowest BCUT2D eigenvalue weighted by Gasteiger charge is -2.24. The van der Waals surface area contributed by atoms with Gasteiger partial charge < -0.3 is 19.7 Å². The summed E-state index contributed by atoms with van der Waals surface area (Å²) in [5.41, 5.74) is 4.56. The zero-order valence-corrected chi connectivity index (χ0v) is 21.3. The number of benzene rings is 4. The fourth-order valence-corrected chi connectivity index (χ4v) is 5.99. The summed E-state index contributed by atoms with van der Waals surface area (Å²) in [6.45, 7) is 2.65. The molecule has 0 saturated heterocycles. The van der Waals surface area contributed by atoms with Crippen LogP contribution in [0.25, 0.3) is 0 Å². The number of hydrogen-bond donors (Lipinski definition) is 1. The molecule has 3 aliphatic rings. The van der Waals surface area contributed by atoms with E-state index in [-0.39, 0.29) is 30.8 Å². The molecule has 0 saturated carbocycles. The minimum Gasteiger partial charge on any atom is -0.493 e. The average molecular weight is 521 g/mol. The van der Waals surface area contributed by atoms with Crippen molar-refractivity contribution >= 4 is 23.2 Å². The number of amides is 2. The maximum Gasteiger partial charge on any atom is 0.256 e. The molecule has 1 spiro atoms. The van der Waals surface area contributed by atoms with Gasteiger partial charge >= 0.3 is 0 Å². The van der Waals surface area contributed by atoms with E-state index in [0.29, 0.717) is 34.7 Å². The van der Waals surface area contributed by atoms with Crippen LogP contribution in [0.5, 0.6) is 11.5 Å². The second-order valence-corrected chi connectivity index (χ2v) is 10.2. The number of para-hydroxylation sites is 1. The normalized spacial score (nSPS) is 18.4. The highest BCUT2D eigenvalue weighted by molar-refractivity contribution is 6.12. The van der Waals surface area contributed by atoms with Crippen molar-refractivity contribution < 1.29 is 23.5 Å². The quantitative estimate of drug-likeness (QED) is 0.383. The molecule has 4 aromatic carbocycles. The Morgan fingerprint density at radius 1 is 0.974 bits per heavy atom. The number of nitrogens with zero attached hydrogens (tertiary/aromatic N) is 1. The molecule has 0 aromatic heterocycles. The number of ether oxygens (including phenoxy) is 2. The summed E-state index contributed by atoms with van der Waals surface area (Å²) in [5, 5.41) is 2.83. The molecule has 4 aromatic rings. The van der Waals surface area contributed by atoms with E-state index in [9.17, 15) is 14.0 Å². The Morgan fingerprint density at radius 3 is 2.69 bits per heavy atom. The van der Waals surface area contributed by atoms with Gasteiger partial charge in [-0.2, -0.15) is 0 Å². The number of nitrogens with one attached hydrogen (secondary N) is 1. The molecule has 39 heavy (non-hydrogen) atoms. The first-order valence-corrected chi connectivity index (χ1v) is 13.0. The zero-order chi connectivity index (χ0) is 26.7. The first-order valence-electron chi connectivity index (χ1n) is 13.0. The van der Waals surface area contributed by atoms with Crippen molar-refractivity contribution in [2.45, 2.75) is 25.3 Å². The maximum atomic E-state index is 14.4. The van der Waals surface area contributed by atoms with Gasteiger partial charge in [-0.3, -0.25) is 9.59 Å². The van der Waals surface area contributed by atoms with E-state index in [1.54, 1.807) is 36.1 Å². The molecule has 0 aliphatic carbocycles. The molecule has 2 amide bonds. The number of rotatable bonds is 4. The van der Waals surface area contributed by atoms with Gasteiger partial charge in [0, 0.05) is 40.6 Å². The third-order valence-corrected chi connectivity index (χ3v) is 8.07. The molecule has 0 radical (unpaired) electrons. The van der Waals surface area contributed by atoms with Crippen LogP contribution in [0.3, 0.4) is 0 Å². The fourth-order valence-electron chi connectivity index (χ4n) is 5.99. The van der Waals surface area contributed by atoms with Crippen LogP contribution in [0.2, 0.25) is 0 Å².